The van der Waals surface area contributed by atoms with Gasteiger partial charge < -0.3 is 4.74 Å². The molecule has 0 N–H and O–H groups in total. The molecule has 3 fully saturated rings. The summed E-state index contributed by atoms with van der Waals surface area (Å²) in [6.07, 6.45) is 5.29. The average Bonchev–Trinajstić information content (AvgIpc) is 3.16. The van der Waals surface area contributed by atoms with Gasteiger partial charge in [0, 0.05) is 44.1 Å². The maximum atomic E-state index is 11.9. The molecule has 5 nitrogen and oxygen atoms in total. The van der Waals surface area contributed by atoms with E-state index in [1.54, 1.807) is 10.7 Å². The van der Waals surface area contributed by atoms with E-state index in [0.717, 1.165) is 38.5 Å². The van der Waals surface area contributed by atoms with Gasteiger partial charge in [0.1, 0.15) is 0 Å². The third-order valence-corrected chi connectivity index (χ3v) is 4.83. The van der Waals surface area contributed by atoms with Gasteiger partial charge in [-0.05, 0) is 31.7 Å². The molecule has 1 atom stereocenters. The summed E-state index contributed by atoms with van der Waals surface area (Å²) >= 11 is 0. The van der Waals surface area contributed by atoms with Crippen molar-refractivity contribution in [2.24, 2.45) is 5.92 Å². The predicted octanol–water partition coefficient (Wildman–Crippen LogP) is 1.23. The van der Waals surface area contributed by atoms with Crippen LogP contribution in [0, 0.1) is 5.92 Å². The molecule has 2 saturated heterocycles. The lowest BCUT2D eigenvalue weighted by atomic mass is 9.99. The van der Waals surface area contributed by atoms with Gasteiger partial charge in [0.15, 0.2) is 0 Å². The second-order valence-corrected chi connectivity index (χ2v) is 6.77. The largest absolute Gasteiger partial charge is 0.377 e. The number of rotatable bonds is 5. The van der Waals surface area contributed by atoms with E-state index in [0.29, 0.717) is 17.9 Å². The highest BCUT2D eigenvalue weighted by molar-refractivity contribution is 5.12. The van der Waals surface area contributed by atoms with Gasteiger partial charge in [0.05, 0.1) is 18.3 Å². The summed E-state index contributed by atoms with van der Waals surface area (Å²) in [4.78, 5) is 14.4. The standard InChI is InChI=1S/C16H23N3O2/c20-16-6-5-15(13-3-4-13)17-19(16)10-12-8-18(9-12)11-14-2-1-7-21-14/h5-6,12-14H,1-4,7-11H2. The molecule has 0 aromatic carbocycles. The molecule has 5 heteroatoms. The highest BCUT2D eigenvalue weighted by Crippen LogP contribution is 2.38. The lowest BCUT2D eigenvalue weighted by Gasteiger charge is -2.40. The Hall–Kier alpha value is -1.20. The van der Waals surface area contributed by atoms with Crippen LogP contribution >= 0.6 is 0 Å². The first kappa shape index (κ1) is 13.5. The minimum absolute atomic E-state index is 0.0389. The second-order valence-electron chi connectivity index (χ2n) is 6.77. The van der Waals surface area contributed by atoms with Crippen LogP contribution in [0.5, 0.6) is 0 Å². The van der Waals surface area contributed by atoms with Crippen LogP contribution in [-0.2, 0) is 11.3 Å². The summed E-state index contributed by atoms with van der Waals surface area (Å²) in [5.74, 6) is 1.17. The summed E-state index contributed by atoms with van der Waals surface area (Å²) < 4.78 is 7.35. The van der Waals surface area contributed by atoms with Gasteiger partial charge in [0.2, 0.25) is 0 Å². The zero-order valence-electron chi connectivity index (χ0n) is 12.4. The first-order valence-electron chi connectivity index (χ1n) is 8.20. The van der Waals surface area contributed by atoms with Crippen molar-refractivity contribution < 1.29 is 4.74 Å². The van der Waals surface area contributed by atoms with Crippen LogP contribution in [0.25, 0.3) is 0 Å². The SMILES string of the molecule is O=c1ccc(C2CC2)nn1CC1CN(CC2CCCO2)C1. The summed E-state index contributed by atoms with van der Waals surface area (Å²) in [5, 5.41) is 4.55. The molecule has 2 aliphatic heterocycles. The third-order valence-electron chi connectivity index (χ3n) is 4.83. The highest BCUT2D eigenvalue weighted by Gasteiger charge is 2.31. The van der Waals surface area contributed by atoms with E-state index in [2.05, 4.69) is 10.00 Å². The molecule has 1 aromatic rings. The number of aromatic nitrogens is 2. The monoisotopic (exact) mass is 289 g/mol. The van der Waals surface area contributed by atoms with Gasteiger partial charge in [-0.1, -0.05) is 0 Å². The number of hydrogen-bond donors (Lipinski definition) is 0. The molecular formula is C16H23N3O2. The fourth-order valence-electron chi connectivity index (χ4n) is 3.45. The Morgan fingerprint density at radius 1 is 1.19 bits per heavy atom. The van der Waals surface area contributed by atoms with Gasteiger partial charge in [-0.25, -0.2) is 4.68 Å². The van der Waals surface area contributed by atoms with Crippen LogP contribution in [0.1, 0.15) is 37.3 Å². The normalized spacial score (nSPS) is 27.0. The number of hydrogen-bond acceptors (Lipinski definition) is 4. The van der Waals surface area contributed by atoms with Crippen LogP contribution in [0.2, 0.25) is 0 Å². The number of likely N-dealkylation sites (tertiary alicyclic amines) is 1. The first-order valence-corrected chi connectivity index (χ1v) is 8.20. The molecule has 3 heterocycles. The quantitative estimate of drug-likeness (QED) is 0.818. The topological polar surface area (TPSA) is 47.4 Å². The molecule has 114 valence electrons. The molecule has 4 rings (SSSR count). The van der Waals surface area contributed by atoms with Gasteiger partial charge in [-0.2, -0.15) is 5.10 Å². The van der Waals surface area contributed by atoms with Crippen molar-refractivity contribution >= 4 is 0 Å². The van der Waals surface area contributed by atoms with E-state index in [4.69, 9.17) is 4.74 Å². The van der Waals surface area contributed by atoms with Crippen molar-refractivity contribution in [3.8, 4) is 0 Å². The molecule has 0 radical (unpaired) electrons. The fraction of sp³-hybridized carbons (Fsp3) is 0.750. The molecule has 0 bridgehead atoms. The average molecular weight is 289 g/mol. The van der Waals surface area contributed by atoms with E-state index >= 15 is 0 Å². The van der Waals surface area contributed by atoms with Crippen molar-refractivity contribution in [1.29, 1.82) is 0 Å². The maximum absolute atomic E-state index is 11.9. The Morgan fingerprint density at radius 3 is 2.76 bits per heavy atom. The summed E-state index contributed by atoms with van der Waals surface area (Å²) in [6, 6.07) is 3.59. The van der Waals surface area contributed by atoms with Gasteiger partial charge in [0.25, 0.3) is 5.56 Å². The van der Waals surface area contributed by atoms with Crippen molar-refractivity contribution in [3.05, 3.63) is 28.2 Å². The minimum Gasteiger partial charge on any atom is -0.377 e. The molecule has 0 amide bonds. The minimum atomic E-state index is 0.0389. The van der Waals surface area contributed by atoms with Crippen LogP contribution < -0.4 is 5.56 Å². The Kier molecular flexibility index (Phi) is 3.55. The van der Waals surface area contributed by atoms with E-state index in [1.807, 2.05) is 6.07 Å². The van der Waals surface area contributed by atoms with Crippen LogP contribution in [0.3, 0.4) is 0 Å². The Morgan fingerprint density at radius 2 is 2.05 bits per heavy atom. The van der Waals surface area contributed by atoms with Gasteiger partial charge in [-0.3, -0.25) is 9.69 Å². The fourth-order valence-corrected chi connectivity index (χ4v) is 3.45. The molecule has 1 saturated carbocycles. The molecule has 1 unspecified atom stereocenters. The highest BCUT2D eigenvalue weighted by atomic mass is 16.5. The first-order chi connectivity index (χ1) is 10.3. The van der Waals surface area contributed by atoms with E-state index < -0.39 is 0 Å². The Balaban J connectivity index is 1.31. The predicted molar refractivity (Wildman–Crippen MR) is 79.4 cm³/mol. The molecule has 1 aromatic heterocycles. The zero-order valence-corrected chi connectivity index (χ0v) is 12.4. The van der Waals surface area contributed by atoms with Crippen molar-refractivity contribution in [3.63, 3.8) is 0 Å². The maximum Gasteiger partial charge on any atom is 0.266 e. The Labute approximate surface area is 124 Å². The van der Waals surface area contributed by atoms with Crippen molar-refractivity contribution in [2.75, 3.05) is 26.2 Å². The molecule has 21 heavy (non-hydrogen) atoms. The lowest BCUT2D eigenvalue weighted by Crippen LogP contribution is -2.51. The molecule has 1 aliphatic carbocycles. The van der Waals surface area contributed by atoms with Crippen LogP contribution in [-0.4, -0.2) is 47.0 Å². The molecule has 0 spiro atoms. The van der Waals surface area contributed by atoms with Gasteiger partial charge in [-0.15, -0.1) is 0 Å². The smallest absolute Gasteiger partial charge is 0.266 e. The van der Waals surface area contributed by atoms with Crippen molar-refractivity contribution in [1.82, 2.24) is 14.7 Å². The van der Waals surface area contributed by atoms with Gasteiger partial charge >= 0.3 is 0 Å². The van der Waals surface area contributed by atoms with Crippen molar-refractivity contribution in [2.45, 2.75) is 44.2 Å². The van der Waals surface area contributed by atoms with E-state index in [1.165, 1.54) is 25.7 Å². The third kappa shape index (κ3) is 3.04. The number of ether oxygens (including phenoxy) is 1. The zero-order chi connectivity index (χ0) is 14.2. The Bertz CT molecular complexity index is 555. The molecule has 3 aliphatic rings. The molecular weight excluding hydrogens is 266 g/mol. The van der Waals surface area contributed by atoms with Crippen LogP contribution in [0.4, 0.5) is 0 Å². The second kappa shape index (κ2) is 5.54. The summed E-state index contributed by atoms with van der Waals surface area (Å²) in [5.41, 5.74) is 1.14. The summed E-state index contributed by atoms with van der Waals surface area (Å²) in [7, 11) is 0. The lowest BCUT2D eigenvalue weighted by molar-refractivity contribution is 0.0177. The van der Waals surface area contributed by atoms with E-state index in [9.17, 15) is 4.79 Å². The van der Waals surface area contributed by atoms with Crippen LogP contribution in [0.15, 0.2) is 16.9 Å². The summed E-state index contributed by atoms with van der Waals surface area (Å²) in [6.45, 7) is 4.89. The number of nitrogens with zero attached hydrogens (tertiary/aromatic N) is 3. The van der Waals surface area contributed by atoms with E-state index in [-0.39, 0.29) is 5.56 Å².